The Labute approximate surface area is 100 Å². The topological polar surface area (TPSA) is 25.8 Å². The van der Waals surface area contributed by atoms with Crippen LogP contribution in [0.5, 0.6) is 0 Å². The van der Waals surface area contributed by atoms with E-state index in [1.54, 1.807) is 11.8 Å². The third kappa shape index (κ3) is 2.09. The molecule has 2 rings (SSSR count). The first-order chi connectivity index (χ1) is 7.72. The van der Waals surface area contributed by atoms with Crippen molar-refractivity contribution in [2.24, 2.45) is 0 Å². The predicted octanol–water partition coefficient (Wildman–Crippen LogP) is 3.48. The number of aryl methyl sites for hydroxylation is 2. The molecule has 3 heteroatoms. The highest BCUT2D eigenvalue weighted by Crippen LogP contribution is 2.25. The normalized spacial score (nSPS) is 10.4. The average molecular weight is 230 g/mol. The summed E-state index contributed by atoms with van der Waals surface area (Å²) in [6, 6.07) is 8.31. The van der Waals surface area contributed by atoms with Gasteiger partial charge in [0.1, 0.15) is 0 Å². The highest BCUT2D eigenvalue weighted by molar-refractivity contribution is 7.98. The molecule has 0 radical (unpaired) electrons. The third-order valence-electron chi connectivity index (χ3n) is 2.58. The molecule has 1 aromatic carbocycles. The van der Waals surface area contributed by atoms with Crippen molar-refractivity contribution >= 4 is 11.8 Å². The van der Waals surface area contributed by atoms with E-state index in [9.17, 15) is 0 Å². The zero-order valence-electron chi connectivity index (χ0n) is 9.69. The maximum atomic E-state index is 4.46. The van der Waals surface area contributed by atoms with Crippen LogP contribution in [0.1, 0.15) is 11.3 Å². The van der Waals surface area contributed by atoms with E-state index in [2.05, 4.69) is 29.0 Å². The summed E-state index contributed by atoms with van der Waals surface area (Å²) in [5.41, 5.74) is 4.63. The van der Waals surface area contributed by atoms with Crippen molar-refractivity contribution in [1.82, 2.24) is 9.97 Å². The first-order valence-electron chi connectivity index (χ1n) is 5.16. The van der Waals surface area contributed by atoms with E-state index in [0.717, 1.165) is 16.4 Å². The second-order valence-corrected chi connectivity index (χ2v) is 4.44. The van der Waals surface area contributed by atoms with Gasteiger partial charge in [0.15, 0.2) is 5.16 Å². The van der Waals surface area contributed by atoms with Crippen molar-refractivity contribution in [1.29, 1.82) is 0 Å². The molecular formula is C13H14N2S. The fraction of sp³-hybridized carbons (Fsp3) is 0.231. The summed E-state index contributed by atoms with van der Waals surface area (Å²) in [6.07, 6.45) is 3.90. The molecule has 0 aliphatic carbocycles. The van der Waals surface area contributed by atoms with Crippen molar-refractivity contribution < 1.29 is 0 Å². The van der Waals surface area contributed by atoms with Gasteiger partial charge in [-0.15, -0.1) is 0 Å². The van der Waals surface area contributed by atoms with E-state index in [4.69, 9.17) is 0 Å². The number of benzene rings is 1. The van der Waals surface area contributed by atoms with Crippen LogP contribution in [0.4, 0.5) is 0 Å². The van der Waals surface area contributed by atoms with Crippen LogP contribution in [0, 0.1) is 13.8 Å². The Hall–Kier alpha value is -1.35. The van der Waals surface area contributed by atoms with Gasteiger partial charge in [-0.1, -0.05) is 36.0 Å². The Bertz CT molecular complexity index is 509. The first-order valence-corrected chi connectivity index (χ1v) is 6.38. The summed E-state index contributed by atoms with van der Waals surface area (Å²) < 4.78 is 0. The fourth-order valence-electron chi connectivity index (χ4n) is 1.68. The number of aromatic nitrogens is 2. The molecule has 2 nitrogen and oxygen atoms in total. The lowest BCUT2D eigenvalue weighted by molar-refractivity contribution is 0.938. The maximum absolute atomic E-state index is 4.46. The lowest BCUT2D eigenvalue weighted by atomic mass is 10.0. The Morgan fingerprint density at radius 2 is 1.81 bits per heavy atom. The van der Waals surface area contributed by atoms with Gasteiger partial charge in [-0.2, -0.15) is 0 Å². The van der Waals surface area contributed by atoms with Crippen LogP contribution in [0.2, 0.25) is 0 Å². The van der Waals surface area contributed by atoms with Crippen LogP contribution < -0.4 is 0 Å². The van der Waals surface area contributed by atoms with Gasteiger partial charge >= 0.3 is 0 Å². The van der Waals surface area contributed by atoms with Gasteiger partial charge in [0.2, 0.25) is 0 Å². The Morgan fingerprint density at radius 3 is 2.44 bits per heavy atom. The third-order valence-corrected chi connectivity index (χ3v) is 3.14. The molecule has 0 unspecified atom stereocenters. The van der Waals surface area contributed by atoms with E-state index < -0.39 is 0 Å². The molecule has 0 aliphatic rings. The molecule has 0 fully saturated rings. The molecule has 2 aromatic rings. The van der Waals surface area contributed by atoms with Crippen molar-refractivity contribution in [2.75, 3.05) is 6.26 Å². The Balaban J connectivity index is 2.53. The molecule has 0 spiro atoms. The highest BCUT2D eigenvalue weighted by atomic mass is 32.2. The lowest BCUT2D eigenvalue weighted by Gasteiger charge is -2.08. The van der Waals surface area contributed by atoms with Gasteiger partial charge in [-0.3, -0.25) is 0 Å². The summed E-state index contributed by atoms with van der Waals surface area (Å²) in [5.74, 6) is 0. The molecule has 82 valence electrons. The van der Waals surface area contributed by atoms with Gasteiger partial charge < -0.3 is 0 Å². The summed E-state index contributed by atoms with van der Waals surface area (Å²) >= 11 is 1.57. The van der Waals surface area contributed by atoms with E-state index in [-0.39, 0.29) is 0 Å². The summed E-state index contributed by atoms with van der Waals surface area (Å²) in [7, 11) is 0. The minimum Gasteiger partial charge on any atom is -0.230 e. The molecule has 0 aliphatic heterocycles. The van der Waals surface area contributed by atoms with Crippen LogP contribution in [0.3, 0.4) is 0 Å². The SMILES string of the molecule is CSc1ncc(-c2ccccc2C)c(C)n1. The predicted molar refractivity (Wildman–Crippen MR) is 68.7 cm³/mol. The van der Waals surface area contributed by atoms with Crippen molar-refractivity contribution in [2.45, 2.75) is 19.0 Å². The maximum Gasteiger partial charge on any atom is 0.187 e. The van der Waals surface area contributed by atoms with Gasteiger partial charge in [-0.25, -0.2) is 9.97 Å². The smallest absolute Gasteiger partial charge is 0.187 e. The number of hydrogen-bond acceptors (Lipinski definition) is 3. The summed E-state index contributed by atoms with van der Waals surface area (Å²) in [6.45, 7) is 4.14. The summed E-state index contributed by atoms with van der Waals surface area (Å²) in [5, 5.41) is 0.829. The Morgan fingerprint density at radius 1 is 1.06 bits per heavy atom. The molecule has 0 bridgehead atoms. The quantitative estimate of drug-likeness (QED) is 0.583. The van der Waals surface area contributed by atoms with Gasteiger partial charge in [-0.05, 0) is 31.2 Å². The minimum absolute atomic E-state index is 0.829. The molecule has 0 atom stereocenters. The molecule has 1 aromatic heterocycles. The molecule has 0 amide bonds. The van der Waals surface area contributed by atoms with E-state index >= 15 is 0 Å². The van der Waals surface area contributed by atoms with Crippen molar-refractivity contribution in [3.05, 3.63) is 41.7 Å². The van der Waals surface area contributed by atoms with Gasteiger partial charge in [0.25, 0.3) is 0 Å². The van der Waals surface area contributed by atoms with Crippen molar-refractivity contribution in [3.63, 3.8) is 0 Å². The first kappa shape index (κ1) is 11.1. The van der Waals surface area contributed by atoms with Gasteiger partial charge in [0.05, 0.1) is 0 Å². The van der Waals surface area contributed by atoms with E-state index in [1.807, 2.05) is 31.5 Å². The average Bonchev–Trinajstić information content (AvgIpc) is 2.30. The minimum atomic E-state index is 0.829. The monoisotopic (exact) mass is 230 g/mol. The molecular weight excluding hydrogens is 216 g/mol. The second-order valence-electron chi connectivity index (χ2n) is 3.67. The lowest BCUT2D eigenvalue weighted by Crippen LogP contribution is -1.94. The largest absolute Gasteiger partial charge is 0.230 e. The van der Waals surface area contributed by atoms with Gasteiger partial charge in [0, 0.05) is 17.5 Å². The van der Waals surface area contributed by atoms with Crippen LogP contribution >= 0.6 is 11.8 Å². The molecule has 0 saturated heterocycles. The van der Waals surface area contributed by atoms with Crippen LogP contribution in [-0.4, -0.2) is 16.2 Å². The second kappa shape index (κ2) is 4.66. The number of nitrogens with zero attached hydrogens (tertiary/aromatic N) is 2. The van der Waals surface area contributed by atoms with Crippen LogP contribution in [0.25, 0.3) is 11.1 Å². The van der Waals surface area contributed by atoms with E-state index in [1.165, 1.54) is 11.1 Å². The Kier molecular flexibility index (Phi) is 3.25. The highest BCUT2D eigenvalue weighted by Gasteiger charge is 2.06. The molecule has 1 heterocycles. The molecule has 0 N–H and O–H groups in total. The molecule has 0 saturated carbocycles. The zero-order valence-corrected chi connectivity index (χ0v) is 10.5. The zero-order chi connectivity index (χ0) is 11.5. The number of rotatable bonds is 2. The fourth-order valence-corrected chi connectivity index (χ4v) is 2.07. The summed E-state index contributed by atoms with van der Waals surface area (Å²) in [4.78, 5) is 8.79. The van der Waals surface area contributed by atoms with Crippen LogP contribution in [-0.2, 0) is 0 Å². The van der Waals surface area contributed by atoms with Crippen LogP contribution in [0.15, 0.2) is 35.6 Å². The standard InChI is InChI=1S/C13H14N2S/c1-9-6-4-5-7-11(9)12-8-14-13(16-3)15-10(12)2/h4-8H,1-3H3. The van der Waals surface area contributed by atoms with E-state index in [0.29, 0.717) is 0 Å². The number of hydrogen-bond donors (Lipinski definition) is 0. The number of thioether (sulfide) groups is 1. The van der Waals surface area contributed by atoms with Crippen molar-refractivity contribution in [3.8, 4) is 11.1 Å². The molecule has 16 heavy (non-hydrogen) atoms.